The van der Waals surface area contributed by atoms with Crippen LogP contribution >= 0.6 is 27.5 Å². The zero-order valence-corrected chi connectivity index (χ0v) is 14.9. The maximum absolute atomic E-state index is 12.3. The number of ether oxygens (including phenoxy) is 1. The van der Waals surface area contributed by atoms with Crippen molar-refractivity contribution < 1.29 is 9.53 Å². The average Bonchev–Trinajstić information content (AvgIpc) is 2.92. The van der Waals surface area contributed by atoms with Crippen LogP contribution in [0.5, 0.6) is 5.75 Å². The fraction of sp³-hybridized carbons (Fsp3) is 0.200. The number of aryl methyl sites for hydroxylation is 2. The Morgan fingerprint density at radius 3 is 2.96 bits per heavy atom. The van der Waals surface area contributed by atoms with Gasteiger partial charge in [0, 0.05) is 18.1 Å². The van der Waals surface area contributed by atoms with Crippen molar-refractivity contribution in [3.63, 3.8) is 0 Å². The summed E-state index contributed by atoms with van der Waals surface area (Å²) in [7, 11) is 1.71. The van der Waals surface area contributed by atoms with Gasteiger partial charge in [0.05, 0.1) is 24.0 Å². The van der Waals surface area contributed by atoms with Crippen molar-refractivity contribution in [2.45, 2.75) is 13.0 Å². The quantitative estimate of drug-likeness (QED) is 0.487. The van der Waals surface area contributed by atoms with Gasteiger partial charge in [-0.05, 0) is 18.2 Å². The van der Waals surface area contributed by atoms with E-state index >= 15 is 0 Å². The lowest BCUT2D eigenvalue weighted by atomic mass is 10.3. The van der Waals surface area contributed by atoms with Crippen LogP contribution in [0, 0.1) is 0 Å². The van der Waals surface area contributed by atoms with E-state index in [0.717, 1.165) is 4.47 Å². The Morgan fingerprint density at radius 1 is 1.42 bits per heavy atom. The predicted molar refractivity (Wildman–Crippen MR) is 92.2 cm³/mol. The van der Waals surface area contributed by atoms with Gasteiger partial charge < -0.3 is 4.74 Å². The number of aromatic nitrogens is 4. The zero-order chi connectivity index (χ0) is 17.3. The van der Waals surface area contributed by atoms with E-state index in [2.05, 4.69) is 26.0 Å². The molecule has 2 heterocycles. The molecule has 0 saturated heterocycles. The van der Waals surface area contributed by atoms with Gasteiger partial charge in [0.15, 0.2) is 5.65 Å². The minimum absolute atomic E-state index is 0.0136. The molecule has 0 bridgehead atoms. The zero-order valence-electron chi connectivity index (χ0n) is 12.6. The molecule has 2 aromatic heterocycles. The van der Waals surface area contributed by atoms with E-state index < -0.39 is 5.97 Å². The minimum atomic E-state index is -0.489. The van der Waals surface area contributed by atoms with E-state index in [0.29, 0.717) is 16.1 Å². The highest BCUT2D eigenvalue weighted by Crippen LogP contribution is 2.27. The fourth-order valence-electron chi connectivity index (χ4n) is 2.17. The largest absolute Gasteiger partial charge is 0.425 e. The second kappa shape index (κ2) is 6.74. The van der Waals surface area contributed by atoms with Crippen molar-refractivity contribution >= 4 is 44.5 Å². The fourth-order valence-corrected chi connectivity index (χ4v) is 2.88. The van der Waals surface area contributed by atoms with Crippen molar-refractivity contribution in [3.8, 4) is 5.75 Å². The monoisotopic (exact) mass is 410 g/mol. The molecule has 3 rings (SSSR count). The highest BCUT2D eigenvalue weighted by atomic mass is 79.9. The first-order valence-electron chi connectivity index (χ1n) is 6.98. The van der Waals surface area contributed by atoms with Crippen molar-refractivity contribution in [3.05, 3.63) is 50.6 Å². The Morgan fingerprint density at radius 2 is 2.21 bits per heavy atom. The molecule has 0 amide bonds. The topological polar surface area (TPSA) is 79.0 Å². The first-order chi connectivity index (χ1) is 11.5. The lowest BCUT2D eigenvalue weighted by molar-refractivity contribution is -0.134. The molecule has 1 aromatic carbocycles. The number of esters is 1. The Hall–Kier alpha value is -2.19. The molecule has 0 atom stereocenters. The Bertz CT molecular complexity index is 982. The lowest BCUT2D eigenvalue weighted by Gasteiger charge is -2.08. The summed E-state index contributed by atoms with van der Waals surface area (Å²) in [5.74, 6) is -0.213. The van der Waals surface area contributed by atoms with Crippen LogP contribution in [-0.4, -0.2) is 25.3 Å². The van der Waals surface area contributed by atoms with Crippen molar-refractivity contribution in [2.24, 2.45) is 7.05 Å². The van der Waals surface area contributed by atoms with E-state index in [-0.39, 0.29) is 24.3 Å². The van der Waals surface area contributed by atoms with Gasteiger partial charge in [-0.15, -0.1) is 0 Å². The molecule has 7 nitrogen and oxygen atoms in total. The maximum atomic E-state index is 12.3. The van der Waals surface area contributed by atoms with Gasteiger partial charge in [-0.3, -0.25) is 18.8 Å². The summed E-state index contributed by atoms with van der Waals surface area (Å²) in [5, 5.41) is 4.73. The third kappa shape index (κ3) is 3.34. The van der Waals surface area contributed by atoms with Gasteiger partial charge in [0.1, 0.15) is 11.1 Å². The predicted octanol–water partition coefficient (Wildman–Crippen LogP) is 2.54. The van der Waals surface area contributed by atoms with Crippen molar-refractivity contribution in [1.82, 2.24) is 19.3 Å². The molecule has 9 heteroatoms. The Kier molecular flexibility index (Phi) is 4.68. The summed E-state index contributed by atoms with van der Waals surface area (Å²) >= 11 is 9.28. The number of nitrogens with zero attached hydrogens (tertiary/aromatic N) is 4. The molecular weight excluding hydrogens is 400 g/mol. The van der Waals surface area contributed by atoms with Gasteiger partial charge in [-0.25, -0.2) is 4.98 Å². The van der Waals surface area contributed by atoms with Gasteiger partial charge in [-0.2, -0.15) is 5.10 Å². The third-order valence-electron chi connectivity index (χ3n) is 3.39. The van der Waals surface area contributed by atoms with Crippen LogP contribution in [0.2, 0.25) is 5.02 Å². The van der Waals surface area contributed by atoms with Crippen LogP contribution in [0.4, 0.5) is 0 Å². The molecular formula is C15H12BrClN4O3. The molecule has 0 spiro atoms. The van der Waals surface area contributed by atoms with Gasteiger partial charge in [0.2, 0.25) is 0 Å². The minimum Gasteiger partial charge on any atom is -0.425 e. The Balaban J connectivity index is 1.70. The maximum Gasteiger partial charge on any atom is 0.313 e. The summed E-state index contributed by atoms with van der Waals surface area (Å²) in [6.07, 6.45) is 2.87. The summed E-state index contributed by atoms with van der Waals surface area (Å²) in [6.45, 7) is 0.156. The molecule has 3 aromatic rings. The second-order valence-corrected chi connectivity index (χ2v) is 6.37. The number of hydrogen-bond acceptors (Lipinski definition) is 5. The molecule has 124 valence electrons. The summed E-state index contributed by atoms with van der Waals surface area (Å²) < 4.78 is 8.87. The summed E-state index contributed by atoms with van der Waals surface area (Å²) in [5.41, 5.74) is 0.253. The number of carbonyl (C=O) groups excluding carboxylic acids is 1. The van der Waals surface area contributed by atoms with Crippen LogP contribution in [0.1, 0.15) is 6.42 Å². The number of hydrogen-bond donors (Lipinski definition) is 0. The van der Waals surface area contributed by atoms with Crippen LogP contribution in [0.15, 0.2) is 40.0 Å². The number of carbonyl (C=O) groups is 1. The first kappa shape index (κ1) is 16.7. The average molecular weight is 412 g/mol. The van der Waals surface area contributed by atoms with Gasteiger partial charge >= 0.3 is 5.97 Å². The highest BCUT2D eigenvalue weighted by Gasteiger charge is 2.12. The van der Waals surface area contributed by atoms with E-state index in [1.165, 1.54) is 21.8 Å². The normalized spacial score (nSPS) is 11.0. The highest BCUT2D eigenvalue weighted by molar-refractivity contribution is 9.10. The van der Waals surface area contributed by atoms with Crippen LogP contribution in [0.25, 0.3) is 11.0 Å². The molecule has 0 unspecified atom stereocenters. The smallest absolute Gasteiger partial charge is 0.313 e. The van der Waals surface area contributed by atoms with Crippen LogP contribution in [-0.2, 0) is 18.4 Å². The molecule has 0 aliphatic rings. The van der Waals surface area contributed by atoms with E-state index in [1.807, 2.05) is 0 Å². The molecule has 0 fully saturated rings. The molecule has 0 aliphatic carbocycles. The molecule has 0 N–H and O–H groups in total. The van der Waals surface area contributed by atoms with Gasteiger partial charge in [0.25, 0.3) is 5.56 Å². The van der Waals surface area contributed by atoms with Crippen LogP contribution in [0.3, 0.4) is 0 Å². The molecule has 0 aliphatic heterocycles. The molecule has 24 heavy (non-hydrogen) atoms. The van der Waals surface area contributed by atoms with Crippen molar-refractivity contribution in [2.75, 3.05) is 0 Å². The SMILES string of the molecule is Cn1ncc2c(=O)n(CCC(=O)Oc3ccc(Br)cc3Cl)cnc21. The summed E-state index contributed by atoms with van der Waals surface area (Å²) in [4.78, 5) is 28.4. The second-order valence-electron chi connectivity index (χ2n) is 5.05. The summed E-state index contributed by atoms with van der Waals surface area (Å²) in [6, 6.07) is 4.95. The standard InChI is InChI=1S/C15H12BrClN4O3/c1-20-14-10(7-19-20)15(23)21(8-18-14)5-4-13(22)24-12-3-2-9(16)6-11(12)17/h2-3,6-8H,4-5H2,1H3. The van der Waals surface area contributed by atoms with E-state index in [4.69, 9.17) is 16.3 Å². The lowest BCUT2D eigenvalue weighted by Crippen LogP contribution is -2.23. The number of rotatable bonds is 4. The number of fused-ring (bicyclic) bond motifs is 1. The third-order valence-corrected chi connectivity index (χ3v) is 4.18. The first-order valence-corrected chi connectivity index (χ1v) is 8.15. The molecule has 0 radical (unpaired) electrons. The van der Waals surface area contributed by atoms with Crippen LogP contribution < -0.4 is 10.3 Å². The number of halogens is 2. The number of benzene rings is 1. The Labute approximate surface area is 149 Å². The van der Waals surface area contributed by atoms with E-state index in [9.17, 15) is 9.59 Å². The van der Waals surface area contributed by atoms with E-state index in [1.54, 1.807) is 25.2 Å². The van der Waals surface area contributed by atoms with Crippen molar-refractivity contribution in [1.29, 1.82) is 0 Å². The molecule has 0 saturated carbocycles. The van der Waals surface area contributed by atoms with Gasteiger partial charge in [-0.1, -0.05) is 27.5 Å².